The highest BCUT2D eigenvalue weighted by atomic mass is 16.7. The van der Waals surface area contributed by atoms with Crippen molar-refractivity contribution >= 4 is 23.7 Å². The van der Waals surface area contributed by atoms with Crippen molar-refractivity contribution in [3.8, 4) is 0 Å². The van der Waals surface area contributed by atoms with Gasteiger partial charge in [-0.25, -0.2) is 14.4 Å². The van der Waals surface area contributed by atoms with E-state index in [1.807, 2.05) is 6.07 Å². The Morgan fingerprint density at radius 3 is 2.26 bits per heavy atom. The van der Waals surface area contributed by atoms with Gasteiger partial charge in [0.1, 0.15) is 12.7 Å². The summed E-state index contributed by atoms with van der Waals surface area (Å²) in [6.07, 6.45) is -3.58. The molecule has 2 aliphatic rings. The van der Waals surface area contributed by atoms with Crippen molar-refractivity contribution in [2.45, 2.75) is 37.4 Å². The number of hydrogen-bond acceptors (Lipinski definition) is 11. The van der Waals surface area contributed by atoms with Crippen molar-refractivity contribution in [2.75, 3.05) is 12.1 Å². The number of esters is 3. The first-order valence-electron chi connectivity index (χ1n) is 11.7. The van der Waals surface area contributed by atoms with Crippen LogP contribution in [0.15, 0.2) is 71.7 Å². The largest absolute Gasteiger partial charge is 0.462 e. The molecule has 0 bridgehead atoms. The minimum Gasteiger partial charge on any atom is -0.462 e. The van der Waals surface area contributed by atoms with E-state index >= 15 is 0 Å². The molecule has 1 saturated heterocycles. The fourth-order valence-electron chi connectivity index (χ4n) is 4.38. The molecule has 2 aromatic carbocycles. The number of carbonyl (C=O) groups excluding carboxylic acids is 3. The summed E-state index contributed by atoms with van der Waals surface area (Å²) in [7, 11) is 0. The highest BCUT2D eigenvalue weighted by Gasteiger charge is 2.52. The molecule has 0 saturated carbocycles. The molecule has 2 N–H and O–H groups in total. The normalized spacial score (nSPS) is 23.1. The van der Waals surface area contributed by atoms with Crippen molar-refractivity contribution in [2.24, 2.45) is 0 Å². The number of nitrogens with one attached hydrogen (secondary N) is 1. The van der Waals surface area contributed by atoms with Crippen LogP contribution in [0.2, 0.25) is 0 Å². The number of hydrogen-bond donors (Lipinski definition) is 2. The van der Waals surface area contributed by atoms with Crippen LogP contribution in [0.3, 0.4) is 0 Å². The molecule has 0 unspecified atom stereocenters. The Bertz CT molecular complexity index is 1420. The Morgan fingerprint density at radius 1 is 1.00 bits per heavy atom. The van der Waals surface area contributed by atoms with Gasteiger partial charge < -0.3 is 18.9 Å². The first kappa shape index (κ1) is 25.1. The Balaban J connectivity index is 1.45. The second-order valence-electron chi connectivity index (χ2n) is 8.73. The third kappa shape index (κ3) is 4.74. The minimum absolute atomic E-state index is 0.00468. The van der Waals surface area contributed by atoms with Crippen molar-refractivity contribution in [3.05, 3.63) is 94.0 Å². The van der Waals surface area contributed by atoms with E-state index in [1.165, 1.54) is 24.4 Å². The number of nitrogens with zero attached hydrogens (tertiary/aromatic N) is 2. The summed E-state index contributed by atoms with van der Waals surface area (Å²) < 4.78 is 23.9. The molecule has 0 aliphatic carbocycles. The van der Waals surface area contributed by atoms with Crippen LogP contribution in [-0.2, 0) is 23.7 Å². The molecule has 196 valence electrons. The van der Waals surface area contributed by atoms with Crippen molar-refractivity contribution in [1.82, 2.24) is 9.55 Å². The van der Waals surface area contributed by atoms with E-state index in [9.17, 15) is 19.2 Å². The fourth-order valence-corrected chi connectivity index (χ4v) is 4.38. The molecule has 12 heteroatoms. The molecule has 0 amide bonds. The molecule has 1 fully saturated rings. The maximum absolute atomic E-state index is 13.0. The monoisotopic (exact) mass is 521 g/mol. The van der Waals surface area contributed by atoms with Gasteiger partial charge in [-0.3, -0.25) is 20.0 Å². The molecule has 1 aromatic heterocycles. The second kappa shape index (κ2) is 10.4. The number of aromatic nitrogens is 2. The number of carbonyl (C=O) groups is 3. The molecule has 2 aliphatic heterocycles. The summed E-state index contributed by atoms with van der Waals surface area (Å²) in [6, 6.07) is 16.3. The lowest BCUT2D eigenvalue weighted by molar-refractivity contribution is -0.151. The lowest BCUT2D eigenvalue weighted by Gasteiger charge is -2.27. The maximum Gasteiger partial charge on any atom is 0.351 e. The zero-order chi connectivity index (χ0) is 26.8. The molecule has 12 nitrogen and oxygen atoms in total. The Hall–Kier alpha value is -4.55. The summed E-state index contributed by atoms with van der Waals surface area (Å²) >= 11 is 0. The van der Waals surface area contributed by atoms with Gasteiger partial charge in [0.05, 0.1) is 17.0 Å². The molecule has 38 heavy (non-hydrogen) atoms. The predicted octanol–water partition coefficient (Wildman–Crippen LogP) is 2.05. The van der Waals surface area contributed by atoms with E-state index in [4.69, 9.17) is 24.2 Å². The van der Waals surface area contributed by atoms with Gasteiger partial charge in [-0.2, -0.15) is 4.98 Å². The molecule has 0 radical (unpaired) electrons. The number of anilines is 1. The summed E-state index contributed by atoms with van der Waals surface area (Å²) in [5.74, 6) is -2.85. The van der Waals surface area contributed by atoms with E-state index in [0.29, 0.717) is 0 Å². The Labute approximate surface area is 215 Å². The van der Waals surface area contributed by atoms with Gasteiger partial charge in [-0.1, -0.05) is 42.5 Å². The number of fused-ring (bicyclic) bond motifs is 2. The van der Waals surface area contributed by atoms with Gasteiger partial charge in [-0.15, -0.1) is 0 Å². The van der Waals surface area contributed by atoms with Gasteiger partial charge in [-0.05, 0) is 30.7 Å². The lowest BCUT2D eigenvalue weighted by atomic mass is 10.0. The van der Waals surface area contributed by atoms with Crippen molar-refractivity contribution in [1.29, 1.82) is 0 Å². The van der Waals surface area contributed by atoms with Gasteiger partial charge in [0, 0.05) is 6.20 Å². The average Bonchev–Trinajstić information content (AvgIpc) is 3.26. The van der Waals surface area contributed by atoms with Crippen molar-refractivity contribution < 1.29 is 38.5 Å². The first-order valence-corrected chi connectivity index (χ1v) is 11.7. The molecular weight excluding hydrogens is 498 g/mol. The zero-order valence-electron chi connectivity index (χ0n) is 20.1. The van der Waals surface area contributed by atoms with Crippen LogP contribution < -0.4 is 11.2 Å². The average molecular weight is 521 g/mol. The molecular formula is C26H23N3O9. The van der Waals surface area contributed by atoms with E-state index < -0.39 is 54.1 Å². The highest BCUT2D eigenvalue weighted by molar-refractivity contribution is 6.03. The van der Waals surface area contributed by atoms with Crippen LogP contribution in [0, 0.1) is 0 Å². The van der Waals surface area contributed by atoms with Crippen LogP contribution in [0.25, 0.3) is 0 Å². The lowest BCUT2D eigenvalue weighted by Crippen LogP contribution is -2.44. The smallest absolute Gasteiger partial charge is 0.351 e. The van der Waals surface area contributed by atoms with E-state index in [-0.39, 0.29) is 23.6 Å². The number of rotatable bonds is 6. The Kier molecular flexibility index (Phi) is 6.90. The van der Waals surface area contributed by atoms with Crippen LogP contribution in [0.4, 0.5) is 5.82 Å². The van der Waals surface area contributed by atoms with E-state index in [2.05, 4.69) is 4.98 Å². The first-order chi connectivity index (χ1) is 18.4. The third-order valence-electron chi connectivity index (χ3n) is 6.40. The van der Waals surface area contributed by atoms with Crippen LogP contribution in [0.1, 0.15) is 45.3 Å². The Morgan fingerprint density at radius 2 is 1.63 bits per heavy atom. The van der Waals surface area contributed by atoms with E-state index in [0.717, 1.165) is 10.1 Å². The molecule has 3 heterocycles. The number of ether oxygens (including phenoxy) is 4. The van der Waals surface area contributed by atoms with Crippen molar-refractivity contribution in [3.63, 3.8) is 0 Å². The quantitative estimate of drug-likeness (QED) is 0.278. The van der Waals surface area contributed by atoms with Gasteiger partial charge in [0.2, 0.25) is 0 Å². The fraction of sp³-hybridized carbons (Fsp3) is 0.269. The summed E-state index contributed by atoms with van der Waals surface area (Å²) in [5.41, 5.74) is 1.68. The predicted molar refractivity (Wildman–Crippen MR) is 128 cm³/mol. The third-order valence-corrected chi connectivity index (χ3v) is 6.40. The zero-order valence-corrected chi connectivity index (χ0v) is 20.1. The van der Waals surface area contributed by atoms with Crippen LogP contribution >= 0.6 is 0 Å². The van der Waals surface area contributed by atoms with Gasteiger partial charge in [0.15, 0.2) is 24.3 Å². The standard InChI is InChI=1S/C26H23N3O9/c1-14(15-7-3-2-4-8-15)23(30)35-13-18-20-21(22(36-18)29-12-11-19(28-34)27-26(29)33)38-25(32)17-10-6-5-9-16(17)24(31)37-20/h2-12,14,18,20-22,34H,13H2,1H3,(H,27,28,33)/t14-,18-,20-,21-,22-/m1/s1. The molecule has 0 spiro atoms. The highest BCUT2D eigenvalue weighted by Crippen LogP contribution is 2.36. The van der Waals surface area contributed by atoms with Crippen LogP contribution in [-0.4, -0.2) is 57.6 Å². The van der Waals surface area contributed by atoms with Gasteiger partial charge >= 0.3 is 23.6 Å². The SMILES string of the molecule is C[C@@H](C(=O)OC[C@H]1O[C@@H](n2ccc(NO)nc2=O)[C@@H]2OC(=O)c3ccccc3C(=O)O[C@@H]21)c1ccccc1. The topological polar surface area (TPSA) is 155 Å². The second-order valence-corrected chi connectivity index (χ2v) is 8.73. The molecule has 5 rings (SSSR count). The van der Waals surface area contributed by atoms with E-state index in [1.54, 1.807) is 48.8 Å². The number of benzene rings is 2. The summed E-state index contributed by atoms with van der Waals surface area (Å²) in [6.45, 7) is 1.34. The van der Waals surface area contributed by atoms with Gasteiger partial charge in [0.25, 0.3) is 0 Å². The van der Waals surface area contributed by atoms with Crippen LogP contribution in [0.5, 0.6) is 0 Å². The summed E-state index contributed by atoms with van der Waals surface area (Å²) in [4.78, 5) is 55.1. The molecule has 3 aromatic rings. The minimum atomic E-state index is -1.28. The summed E-state index contributed by atoms with van der Waals surface area (Å²) in [5, 5.41) is 9.05. The maximum atomic E-state index is 13.0. The molecule has 5 atom stereocenters.